The summed E-state index contributed by atoms with van der Waals surface area (Å²) in [5.41, 5.74) is 10.4. The van der Waals surface area contributed by atoms with Crippen LogP contribution in [0.5, 0.6) is 0 Å². The lowest BCUT2D eigenvalue weighted by Crippen LogP contribution is -2.60. The number of nitrogens with one attached hydrogen (secondary N) is 2. The summed E-state index contributed by atoms with van der Waals surface area (Å²) in [7, 11) is 3.32. The van der Waals surface area contributed by atoms with Crippen molar-refractivity contribution in [1.29, 1.82) is 0 Å². The van der Waals surface area contributed by atoms with Crippen molar-refractivity contribution in [1.82, 2.24) is 35.1 Å². The number of aryl methyl sites for hydroxylation is 1. The Morgan fingerprint density at radius 1 is 1.08 bits per heavy atom. The summed E-state index contributed by atoms with van der Waals surface area (Å²) in [6.07, 6.45) is 5.08. The Morgan fingerprint density at radius 3 is 2.52 bits per heavy atom. The number of carbonyl (C=O) groups excluding carboxylic acids is 4. The number of nitrogens with zero attached hydrogens (tertiary/aromatic N) is 6. The quantitative estimate of drug-likeness (QED) is 0.0687. The smallest absolute Gasteiger partial charge is 0.259 e. The van der Waals surface area contributed by atoms with E-state index < -0.39 is 35.4 Å². The zero-order chi connectivity index (χ0) is 46.7. The molecule has 0 saturated carbocycles. The third-order valence-corrected chi connectivity index (χ3v) is 13.9. The number of methoxy groups -OCH3 is 1. The largest absolute Gasteiger partial charge is 0.374 e. The molecular weight excluding hydrogens is 825 g/mol. The van der Waals surface area contributed by atoms with Crippen molar-refractivity contribution in [3.05, 3.63) is 95.2 Å². The highest BCUT2D eigenvalue weighted by Crippen LogP contribution is 2.57. The summed E-state index contributed by atoms with van der Waals surface area (Å²) < 4.78 is 8.58. The third-order valence-electron chi connectivity index (χ3n) is 13.9. The van der Waals surface area contributed by atoms with Crippen LogP contribution in [0.2, 0.25) is 0 Å². The normalized spacial score (nSPS) is 20.4. The van der Waals surface area contributed by atoms with Gasteiger partial charge >= 0.3 is 0 Å². The average molecular weight is 889 g/mol. The maximum absolute atomic E-state index is 14.5. The van der Waals surface area contributed by atoms with Gasteiger partial charge in [0.1, 0.15) is 24.8 Å². The first-order valence-electron chi connectivity index (χ1n) is 22.9. The molecule has 346 valence electrons. The van der Waals surface area contributed by atoms with E-state index in [0.717, 1.165) is 62.9 Å². The molecule has 7 rings (SSSR count). The van der Waals surface area contributed by atoms with E-state index in [1.165, 1.54) is 11.0 Å². The van der Waals surface area contributed by atoms with E-state index in [1.54, 1.807) is 30.3 Å². The molecule has 15 nitrogen and oxygen atoms in total. The number of ether oxygens (including phenoxy) is 1. The molecule has 2 aromatic heterocycles. The maximum Gasteiger partial charge on any atom is 0.259 e. The molecule has 2 N–H and O–H groups in total. The van der Waals surface area contributed by atoms with Crippen molar-refractivity contribution in [3.8, 4) is 22.4 Å². The lowest BCUT2D eigenvalue weighted by molar-refractivity contribution is -0.146. The number of hydrogen-bond acceptors (Lipinski definition) is 10. The predicted octanol–water partition coefficient (Wildman–Crippen LogP) is 6.96. The van der Waals surface area contributed by atoms with Crippen LogP contribution in [0.25, 0.3) is 33.3 Å². The van der Waals surface area contributed by atoms with Crippen molar-refractivity contribution < 1.29 is 28.8 Å². The Bertz CT molecular complexity index is 2440. The van der Waals surface area contributed by atoms with Crippen LogP contribution < -0.4 is 10.7 Å². The van der Waals surface area contributed by atoms with Gasteiger partial charge in [-0.3, -0.25) is 29.2 Å². The zero-order valence-electron chi connectivity index (χ0n) is 39.0. The Labute approximate surface area is 381 Å². The number of hydrogen-bond donors (Lipinski definition) is 2. The van der Waals surface area contributed by atoms with Crippen molar-refractivity contribution >= 4 is 34.5 Å². The molecule has 1 aliphatic carbocycles. The Balaban J connectivity index is 1.23. The predicted molar refractivity (Wildman–Crippen MR) is 250 cm³/mol. The van der Waals surface area contributed by atoms with Crippen LogP contribution in [0.15, 0.2) is 78.8 Å². The van der Waals surface area contributed by atoms with Gasteiger partial charge in [0.05, 0.1) is 17.3 Å². The molecule has 0 radical (unpaired) electrons. The molecule has 2 aromatic carbocycles. The first-order valence-corrected chi connectivity index (χ1v) is 22.9. The number of aromatic nitrogens is 2. The highest BCUT2D eigenvalue weighted by atomic mass is 16.7. The molecule has 6 atom stereocenters. The fourth-order valence-electron chi connectivity index (χ4n) is 10.6. The lowest BCUT2D eigenvalue weighted by Gasteiger charge is -2.41. The Morgan fingerprint density at radius 2 is 1.85 bits per heavy atom. The van der Waals surface area contributed by atoms with Crippen LogP contribution in [0.3, 0.4) is 0 Å². The van der Waals surface area contributed by atoms with Gasteiger partial charge in [0.25, 0.3) is 5.91 Å². The average Bonchev–Trinajstić information content (AvgIpc) is 3.86. The number of rotatable bonds is 16. The SMILES string of the molecule is C=CC(=O)N1CC[C@H](C(=O)N(C)[C@H](C(=O)N[C@@H](Cc2cccc(-c3ccc4c(c3)c3c(n4CC)-c4cccnc4[C@@H](OC)C3C(C)(C)CON=O)c2)C(=O)N2CCCCN2)C(C)C)[C@H]1C. The molecule has 15 heteroatoms. The minimum Gasteiger partial charge on any atom is -0.374 e. The molecule has 2 aliphatic heterocycles. The number of carbonyl (C=O) groups is 4. The first kappa shape index (κ1) is 47.0. The molecule has 4 amide bonds. The van der Waals surface area contributed by atoms with Crippen LogP contribution in [-0.4, -0.2) is 107 Å². The topological polar surface area (TPSA) is 168 Å². The van der Waals surface area contributed by atoms with Crippen LogP contribution >= 0.6 is 0 Å². The fraction of sp³-hybridized carbons (Fsp3) is 0.500. The van der Waals surface area contributed by atoms with E-state index in [2.05, 4.69) is 78.3 Å². The van der Waals surface area contributed by atoms with Crippen LogP contribution in [0, 0.1) is 22.2 Å². The molecule has 65 heavy (non-hydrogen) atoms. The number of benzene rings is 2. The van der Waals surface area contributed by atoms with Crippen LogP contribution in [0.1, 0.15) is 89.6 Å². The van der Waals surface area contributed by atoms with Gasteiger partial charge in [0.2, 0.25) is 17.7 Å². The summed E-state index contributed by atoms with van der Waals surface area (Å²) >= 11 is 0. The minimum absolute atomic E-state index is 0.0772. The molecule has 0 bridgehead atoms. The fourth-order valence-corrected chi connectivity index (χ4v) is 10.6. The van der Waals surface area contributed by atoms with Gasteiger partial charge in [0.15, 0.2) is 5.34 Å². The third kappa shape index (κ3) is 9.04. The first-order chi connectivity index (χ1) is 31.2. The summed E-state index contributed by atoms with van der Waals surface area (Å²) in [5, 5.41) is 8.50. The van der Waals surface area contributed by atoms with E-state index in [1.807, 2.05) is 45.0 Å². The molecule has 3 aliphatic rings. The molecular formula is C50H64N8O7. The molecule has 0 spiro atoms. The van der Waals surface area contributed by atoms with Gasteiger partial charge < -0.3 is 29.3 Å². The molecule has 1 unspecified atom stereocenters. The number of amides is 4. The molecule has 2 fully saturated rings. The number of hydrazine groups is 1. The molecule has 4 aromatic rings. The van der Waals surface area contributed by atoms with Crippen LogP contribution in [0.4, 0.5) is 0 Å². The van der Waals surface area contributed by atoms with Gasteiger partial charge in [-0.2, -0.15) is 0 Å². The van der Waals surface area contributed by atoms with Crippen molar-refractivity contribution in [2.45, 2.75) is 104 Å². The monoisotopic (exact) mass is 888 g/mol. The summed E-state index contributed by atoms with van der Waals surface area (Å²) in [5.74, 6) is -2.11. The van der Waals surface area contributed by atoms with E-state index >= 15 is 0 Å². The summed E-state index contributed by atoms with van der Waals surface area (Å²) in [6, 6.07) is 16.4. The van der Waals surface area contributed by atoms with Crippen LogP contribution in [-0.2, 0) is 41.7 Å². The minimum atomic E-state index is -0.932. The number of likely N-dealkylation sites (tertiary alicyclic amines) is 1. The highest BCUT2D eigenvalue weighted by Gasteiger charge is 2.47. The van der Waals surface area contributed by atoms with Crippen molar-refractivity contribution in [3.63, 3.8) is 0 Å². The molecule has 4 heterocycles. The number of likely N-dealkylation sites (N-methyl/N-ethyl adjacent to an activating group) is 1. The van der Waals surface area contributed by atoms with Gasteiger partial charge in [-0.25, -0.2) is 5.43 Å². The lowest BCUT2D eigenvalue weighted by atomic mass is 9.67. The summed E-state index contributed by atoms with van der Waals surface area (Å²) in [6.45, 7) is 17.9. The van der Waals surface area contributed by atoms with E-state index in [9.17, 15) is 24.1 Å². The second-order valence-corrected chi connectivity index (χ2v) is 18.7. The van der Waals surface area contributed by atoms with Gasteiger partial charge in [-0.15, -0.1) is 4.91 Å². The highest BCUT2D eigenvalue weighted by molar-refractivity contribution is 5.97. The number of fused-ring (bicyclic) bond motifs is 5. The second kappa shape index (κ2) is 19.7. The van der Waals surface area contributed by atoms with Crippen molar-refractivity contribution in [2.24, 2.45) is 22.6 Å². The maximum atomic E-state index is 14.5. The van der Waals surface area contributed by atoms with Gasteiger partial charge in [-0.05, 0) is 91.6 Å². The van der Waals surface area contributed by atoms with E-state index in [4.69, 9.17) is 14.6 Å². The number of pyridine rings is 1. The standard InChI is InChI=1S/C50H64N8O7/c1-10-40(59)57-25-21-35(31(57)5)48(61)55(8)44(30(3)4)47(60)53-38(49(62)58-24-13-12-23-52-58)27-32-16-14-17-33(26-32)34-19-20-39-37(28-34)41-42(50(6,7)29-65-54-63)46(64-9)43-36(18-15-22-51-43)45(41)56(39)11-2/h10,14-20,22,26,28,30-31,35,38,42,44,46,52H,1,11-13,21,23-25,27,29H2,2-9H3,(H,53,60)/t31-,35+,38+,42?,44+,46+/m1/s1. The van der Waals surface area contributed by atoms with E-state index in [-0.39, 0.29) is 48.6 Å². The summed E-state index contributed by atoms with van der Waals surface area (Å²) in [4.78, 5) is 79.8. The van der Waals surface area contributed by atoms with Gasteiger partial charge in [0, 0.05) is 86.8 Å². The second-order valence-electron chi connectivity index (χ2n) is 18.7. The Kier molecular flexibility index (Phi) is 14.2. The van der Waals surface area contributed by atoms with E-state index in [0.29, 0.717) is 32.6 Å². The van der Waals surface area contributed by atoms with Crippen molar-refractivity contribution in [2.75, 3.05) is 40.4 Å². The Hall–Kier alpha value is -5.93. The van der Waals surface area contributed by atoms with Gasteiger partial charge in [-0.1, -0.05) is 64.6 Å². The zero-order valence-corrected chi connectivity index (χ0v) is 39.0. The molecule has 2 saturated heterocycles.